The molecule has 4 heteroatoms. The Morgan fingerprint density at radius 1 is 1.20 bits per heavy atom. The van der Waals surface area contributed by atoms with E-state index in [9.17, 15) is 4.79 Å². The molecule has 0 bridgehead atoms. The molecule has 2 aromatic rings. The lowest BCUT2D eigenvalue weighted by Crippen LogP contribution is -2.15. The highest BCUT2D eigenvalue weighted by Gasteiger charge is 2.13. The van der Waals surface area contributed by atoms with Crippen LogP contribution in [0.4, 0.5) is 11.4 Å². The molecule has 20 heavy (non-hydrogen) atoms. The summed E-state index contributed by atoms with van der Waals surface area (Å²) < 4.78 is 0.880. The molecule has 104 valence electrons. The Balaban J connectivity index is 2.36. The Hall–Kier alpha value is -1.81. The molecule has 0 heterocycles. The van der Waals surface area contributed by atoms with Crippen LogP contribution in [0, 0.1) is 20.8 Å². The van der Waals surface area contributed by atoms with Crippen molar-refractivity contribution in [3.8, 4) is 0 Å². The minimum Gasteiger partial charge on any atom is -0.398 e. The molecule has 0 aliphatic heterocycles. The number of hydrogen-bond acceptors (Lipinski definition) is 2. The van der Waals surface area contributed by atoms with Crippen LogP contribution in [0.2, 0.25) is 0 Å². The van der Waals surface area contributed by atoms with Crippen LogP contribution >= 0.6 is 15.9 Å². The molecule has 2 rings (SSSR count). The fourth-order valence-electron chi connectivity index (χ4n) is 2.15. The summed E-state index contributed by atoms with van der Waals surface area (Å²) in [6.07, 6.45) is 0. The second-order valence-electron chi connectivity index (χ2n) is 4.91. The van der Waals surface area contributed by atoms with Gasteiger partial charge in [0.2, 0.25) is 0 Å². The molecule has 0 atom stereocenters. The summed E-state index contributed by atoms with van der Waals surface area (Å²) >= 11 is 3.49. The highest BCUT2D eigenvalue weighted by molar-refractivity contribution is 9.10. The molecule has 2 aromatic carbocycles. The number of benzene rings is 2. The third kappa shape index (κ3) is 2.85. The summed E-state index contributed by atoms with van der Waals surface area (Å²) in [5.41, 5.74) is 10.8. The topological polar surface area (TPSA) is 55.1 Å². The molecule has 0 unspecified atom stereocenters. The van der Waals surface area contributed by atoms with Crippen LogP contribution in [-0.2, 0) is 0 Å². The molecule has 0 fully saturated rings. The van der Waals surface area contributed by atoms with Gasteiger partial charge < -0.3 is 11.1 Å². The standard InChI is InChI=1S/C16H17BrN2O/c1-9-7-10(2)15(13(17)8-9)19-16(20)12-5-4-6-14(18)11(12)3/h4-8H,18H2,1-3H3,(H,19,20). The van der Waals surface area contributed by atoms with Gasteiger partial charge in [-0.05, 0) is 71.6 Å². The van der Waals surface area contributed by atoms with Crippen LogP contribution in [0.5, 0.6) is 0 Å². The van der Waals surface area contributed by atoms with Crippen LogP contribution in [0.3, 0.4) is 0 Å². The molecule has 3 nitrogen and oxygen atoms in total. The average molecular weight is 333 g/mol. The van der Waals surface area contributed by atoms with E-state index in [2.05, 4.69) is 21.2 Å². The molecule has 1 amide bonds. The average Bonchev–Trinajstić information content (AvgIpc) is 2.36. The van der Waals surface area contributed by atoms with Crippen molar-refractivity contribution in [2.45, 2.75) is 20.8 Å². The van der Waals surface area contributed by atoms with Crippen LogP contribution < -0.4 is 11.1 Å². The Bertz CT molecular complexity index is 657. The van der Waals surface area contributed by atoms with Crippen molar-refractivity contribution < 1.29 is 4.79 Å². The number of carbonyl (C=O) groups is 1. The summed E-state index contributed by atoms with van der Waals surface area (Å²) in [6, 6.07) is 9.37. The van der Waals surface area contributed by atoms with Gasteiger partial charge in [0.1, 0.15) is 0 Å². The first kappa shape index (κ1) is 14.6. The van der Waals surface area contributed by atoms with Crippen LogP contribution in [0.15, 0.2) is 34.8 Å². The van der Waals surface area contributed by atoms with E-state index in [0.717, 1.165) is 26.9 Å². The molecule has 0 radical (unpaired) electrons. The van der Waals surface area contributed by atoms with Crippen molar-refractivity contribution in [3.63, 3.8) is 0 Å². The first-order chi connectivity index (χ1) is 9.40. The predicted molar refractivity (Wildman–Crippen MR) is 87.2 cm³/mol. The molecule has 0 saturated carbocycles. The van der Waals surface area contributed by atoms with Gasteiger partial charge in [-0.15, -0.1) is 0 Å². The second kappa shape index (κ2) is 5.67. The highest BCUT2D eigenvalue weighted by atomic mass is 79.9. The normalized spacial score (nSPS) is 10.4. The lowest BCUT2D eigenvalue weighted by atomic mass is 10.1. The van der Waals surface area contributed by atoms with Gasteiger partial charge in [0.25, 0.3) is 5.91 Å². The molecule has 0 aromatic heterocycles. The van der Waals surface area contributed by atoms with E-state index in [1.54, 1.807) is 18.2 Å². The summed E-state index contributed by atoms with van der Waals surface area (Å²) in [4.78, 5) is 12.4. The number of carbonyl (C=O) groups excluding carboxylic acids is 1. The zero-order valence-corrected chi connectivity index (χ0v) is 13.3. The van der Waals surface area contributed by atoms with Crippen molar-refractivity contribution in [1.29, 1.82) is 0 Å². The minimum atomic E-state index is -0.151. The van der Waals surface area contributed by atoms with Crippen molar-refractivity contribution in [3.05, 3.63) is 57.1 Å². The number of nitrogens with one attached hydrogen (secondary N) is 1. The Morgan fingerprint density at radius 3 is 2.55 bits per heavy atom. The smallest absolute Gasteiger partial charge is 0.256 e. The lowest BCUT2D eigenvalue weighted by molar-refractivity contribution is 0.102. The third-order valence-corrected chi connectivity index (χ3v) is 3.92. The number of amides is 1. The van der Waals surface area contributed by atoms with Gasteiger partial charge in [-0.2, -0.15) is 0 Å². The summed E-state index contributed by atoms with van der Waals surface area (Å²) in [5.74, 6) is -0.151. The first-order valence-electron chi connectivity index (χ1n) is 6.33. The number of rotatable bonds is 2. The van der Waals surface area contributed by atoms with Crippen molar-refractivity contribution in [2.75, 3.05) is 11.1 Å². The van der Waals surface area contributed by atoms with Crippen LogP contribution in [0.1, 0.15) is 27.0 Å². The third-order valence-electron chi connectivity index (χ3n) is 3.29. The van der Waals surface area contributed by atoms with Gasteiger partial charge in [0.15, 0.2) is 0 Å². The van der Waals surface area contributed by atoms with Gasteiger partial charge in [0, 0.05) is 15.7 Å². The van der Waals surface area contributed by atoms with Gasteiger partial charge >= 0.3 is 0 Å². The fraction of sp³-hybridized carbons (Fsp3) is 0.188. The maximum atomic E-state index is 12.4. The van der Waals surface area contributed by atoms with E-state index in [1.807, 2.05) is 32.9 Å². The van der Waals surface area contributed by atoms with E-state index in [0.29, 0.717) is 11.3 Å². The number of aryl methyl sites for hydroxylation is 2. The van der Waals surface area contributed by atoms with Crippen molar-refractivity contribution >= 4 is 33.2 Å². The van der Waals surface area contributed by atoms with E-state index < -0.39 is 0 Å². The predicted octanol–water partition coefficient (Wildman–Crippen LogP) is 4.21. The highest BCUT2D eigenvalue weighted by Crippen LogP contribution is 2.28. The molecule has 0 aliphatic rings. The summed E-state index contributed by atoms with van der Waals surface area (Å²) in [6.45, 7) is 5.84. The van der Waals surface area contributed by atoms with E-state index in [-0.39, 0.29) is 5.91 Å². The van der Waals surface area contributed by atoms with E-state index >= 15 is 0 Å². The SMILES string of the molecule is Cc1cc(C)c(NC(=O)c2cccc(N)c2C)c(Br)c1. The van der Waals surface area contributed by atoms with Crippen molar-refractivity contribution in [1.82, 2.24) is 0 Å². The number of nitrogens with two attached hydrogens (primary N) is 1. The molecule has 3 N–H and O–H groups in total. The maximum absolute atomic E-state index is 12.4. The fourth-order valence-corrected chi connectivity index (χ4v) is 2.93. The Kier molecular flexibility index (Phi) is 4.14. The molecule has 0 spiro atoms. The van der Waals surface area contributed by atoms with Gasteiger partial charge in [0.05, 0.1) is 5.69 Å². The molecule has 0 aliphatic carbocycles. The maximum Gasteiger partial charge on any atom is 0.256 e. The van der Waals surface area contributed by atoms with Gasteiger partial charge in [-0.25, -0.2) is 0 Å². The Morgan fingerprint density at radius 2 is 1.90 bits per heavy atom. The van der Waals surface area contributed by atoms with Gasteiger partial charge in [-0.1, -0.05) is 12.1 Å². The first-order valence-corrected chi connectivity index (χ1v) is 7.12. The second-order valence-corrected chi connectivity index (χ2v) is 5.77. The largest absolute Gasteiger partial charge is 0.398 e. The Labute approximate surface area is 127 Å². The number of halogens is 1. The summed E-state index contributed by atoms with van der Waals surface area (Å²) in [5, 5.41) is 2.95. The molecule has 0 saturated heterocycles. The van der Waals surface area contributed by atoms with E-state index in [1.165, 1.54) is 0 Å². The number of anilines is 2. The van der Waals surface area contributed by atoms with Crippen LogP contribution in [-0.4, -0.2) is 5.91 Å². The zero-order chi connectivity index (χ0) is 14.9. The van der Waals surface area contributed by atoms with Crippen molar-refractivity contribution in [2.24, 2.45) is 0 Å². The lowest BCUT2D eigenvalue weighted by Gasteiger charge is -2.13. The minimum absolute atomic E-state index is 0.151. The zero-order valence-electron chi connectivity index (χ0n) is 11.8. The molecular formula is C16H17BrN2O. The van der Waals surface area contributed by atoms with Gasteiger partial charge in [-0.3, -0.25) is 4.79 Å². The number of nitrogen functional groups attached to an aromatic ring is 1. The quantitative estimate of drug-likeness (QED) is 0.809. The summed E-state index contributed by atoms with van der Waals surface area (Å²) in [7, 11) is 0. The van der Waals surface area contributed by atoms with Crippen LogP contribution in [0.25, 0.3) is 0 Å². The number of hydrogen-bond donors (Lipinski definition) is 2. The van der Waals surface area contributed by atoms with E-state index in [4.69, 9.17) is 5.73 Å². The molecular weight excluding hydrogens is 316 g/mol. The monoisotopic (exact) mass is 332 g/mol.